The van der Waals surface area contributed by atoms with E-state index < -0.39 is 0 Å². The number of hydrogen-bond acceptors (Lipinski definition) is 7. The molecule has 2 aromatic carbocycles. The number of carbonyl (C=O) groups excluding carboxylic acids is 2. The number of benzene rings is 2. The van der Waals surface area contributed by atoms with Crippen LogP contribution in [0.15, 0.2) is 53.4 Å². The molecule has 1 heterocycles. The summed E-state index contributed by atoms with van der Waals surface area (Å²) >= 11 is 38.7. The van der Waals surface area contributed by atoms with Gasteiger partial charge in [-0.15, -0.1) is 10.2 Å². The van der Waals surface area contributed by atoms with Gasteiger partial charge in [-0.1, -0.05) is 34.9 Å². The zero-order chi connectivity index (χ0) is 27.6. The van der Waals surface area contributed by atoms with Crippen molar-refractivity contribution in [2.75, 3.05) is 22.1 Å². The van der Waals surface area contributed by atoms with Crippen LogP contribution in [0.3, 0.4) is 0 Å². The molecular formula is C18H6Br10N4O2S3. The molecule has 0 bridgehead atoms. The van der Waals surface area contributed by atoms with Crippen LogP contribution >= 0.6 is 194 Å². The van der Waals surface area contributed by atoms with E-state index in [1.807, 2.05) is 0 Å². The molecule has 0 unspecified atom stereocenters. The van der Waals surface area contributed by atoms with Crippen LogP contribution in [-0.2, 0) is 9.59 Å². The largest absolute Gasteiger partial charge is 0.323 e. The van der Waals surface area contributed by atoms with Crippen LogP contribution in [-0.4, -0.2) is 33.5 Å². The van der Waals surface area contributed by atoms with E-state index in [4.69, 9.17) is 0 Å². The van der Waals surface area contributed by atoms with Gasteiger partial charge >= 0.3 is 0 Å². The minimum atomic E-state index is -0.209. The number of nitrogens with one attached hydrogen (secondary N) is 2. The number of carbonyl (C=O) groups is 2. The van der Waals surface area contributed by atoms with E-state index >= 15 is 0 Å². The number of halogens is 10. The summed E-state index contributed by atoms with van der Waals surface area (Å²) in [5, 5.41) is 14.0. The topological polar surface area (TPSA) is 84.0 Å². The van der Waals surface area contributed by atoms with Gasteiger partial charge in [0.05, 0.1) is 40.8 Å². The van der Waals surface area contributed by atoms with Crippen LogP contribution in [0, 0.1) is 0 Å². The molecule has 19 heteroatoms. The molecule has 3 rings (SSSR count). The van der Waals surface area contributed by atoms with Crippen molar-refractivity contribution in [2.24, 2.45) is 0 Å². The average Bonchev–Trinajstić information content (AvgIpc) is 3.34. The third-order valence-electron chi connectivity index (χ3n) is 3.99. The maximum atomic E-state index is 12.6. The highest BCUT2D eigenvalue weighted by atomic mass is 79.9. The van der Waals surface area contributed by atoms with Crippen LogP contribution in [0.1, 0.15) is 0 Å². The predicted molar refractivity (Wildman–Crippen MR) is 189 cm³/mol. The molecule has 3 aromatic rings. The lowest BCUT2D eigenvalue weighted by molar-refractivity contribution is -0.114. The van der Waals surface area contributed by atoms with E-state index in [0.29, 0.717) is 37.9 Å². The molecule has 0 aliphatic carbocycles. The summed E-state index contributed by atoms with van der Waals surface area (Å²) in [5.74, 6) is -0.142. The first-order valence-electron chi connectivity index (χ1n) is 9.05. The quantitative estimate of drug-likeness (QED) is 0.133. The monoisotopic (exact) mass is 1200 g/mol. The Bertz CT molecular complexity index is 1240. The molecule has 0 aliphatic rings. The summed E-state index contributed by atoms with van der Waals surface area (Å²) in [6.45, 7) is 0. The lowest BCUT2D eigenvalue weighted by Gasteiger charge is -2.14. The maximum Gasteiger partial charge on any atom is 0.234 e. The van der Waals surface area contributed by atoms with Gasteiger partial charge in [0, 0.05) is 26.8 Å². The van der Waals surface area contributed by atoms with E-state index in [2.05, 4.69) is 180 Å². The third-order valence-corrected chi connectivity index (χ3v) is 19.4. The number of rotatable bonds is 8. The van der Waals surface area contributed by atoms with E-state index in [-0.39, 0.29) is 23.3 Å². The molecule has 0 spiro atoms. The molecule has 0 aliphatic heterocycles. The van der Waals surface area contributed by atoms with Crippen molar-refractivity contribution >= 4 is 217 Å². The van der Waals surface area contributed by atoms with Gasteiger partial charge in [-0.05, 0) is 159 Å². The zero-order valence-electron chi connectivity index (χ0n) is 17.1. The van der Waals surface area contributed by atoms with E-state index in [1.165, 1.54) is 34.9 Å². The van der Waals surface area contributed by atoms with Crippen LogP contribution in [0.4, 0.5) is 11.4 Å². The summed E-state index contributed by atoms with van der Waals surface area (Å²) in [4.78, 5) is 25.2. The molecule has 1 aromatic heterocycles. The Balaban J connectivity index is 1.55. The number of nitrogens with zero attached hydrogens (tertiary/aromatic N) is 2. The molecule has 0 radical (unpaired) electrons. The van der Waals surface area contributed by atoms with Crippen molar-refractivity contribution in [1.82, 2.24) is 10.2 Å². The van der Waals surface area contributed by atoms with Crippen LogP contribution < -0.4 is 10.6 Å². The van der Waals surface area contributed by atoms with Crippen LogP contribution in [0.2, 0.25) is 0 Å². The normalized spacial score (nSPS) is 11.1. The average molecular weight is 1210 g/mol. The second kappa shape index (κ2) is 15.3. The molecule has 0 saturated carbocycles. The first-order chi connectivity index (χ1) is 17.3. The standard InChI is InChI=1S/C18H6Br10N4O2S3/c19-5-7(21)11(25)15(12(26)8(5)22)29-3(33)1-35-17-31-32-18(37-17)36-2-4(34)30-16-13(27)9(23)6(20)10(24)14(16)28/h1-2H2,(H,29,33)(H,30,34). The fourth-order valence-corrected chi connectivity index (χ4v) is 11.5. The van der Waals surface area contributed by atoms with Gasteiger partial charge in [0.25, 0.3) is 0 Å². The van der Waals surface area contributed by atoms with Crippen molar-refractivity contribution in [2.45, 2.75) is 8.68 Å². The Hall–Kier alpha value is 2.44. The van der Waals surface area contributed by atoms with Gasteiger partial charge in [-0.2, -0.15) is 0 Å². The number of hydrogen-bond donors (Lipinski definition) is 2. The molecule has 2 amide bonds. The molecular weight excluding hydrogens is 1200 g/mol. The summed E-state index contributed by atoms with van der Waals surface area (Å²) in [6, 6.07) is 0. The first kappa shape index (κ1) is 33.9. The van der Waals surface area contributed by atoms with Gasteiger partial charge in [-0.3, -0.25) is 9.59 Å². The molecule has 6 nitrogen and oxygen atoms in total. The molecule has 2 N–H and O–H groups in total. The Morgan fingerprint density at radius 2 is 0.811 bits per heavy atom. The molecule has 198 valence electrons. The van der Waals surface area contributed by atoms with Crippen LogP contribution in [0.25, 0.3) is 0 Å². The highest BCUT2D eigenvalue weighted by molar-refractivity contribution is 9.16. The Labute approximate surface area is 307 Å². The summed E-state index contributed by atoms with van der Waals surface area (Å²) < 4.78 is 8.71. The maximum absolute atomic E-state index is 12.6. The molecule has 0 atom stereocenters. The van der Waals surface area contributed by atoms with E-state index in [1.54, 1.807) is 0 Å². The highest BCUT2D eigenvalue weighted by Crippen LogP contribution is 2.48. The van der Waals surface area contributed by atoms with Crippen molar-refractivity contribution < 1.29 is 9.59 Å². The number of amides is 2. The first-order valence-corrected chi connectivity index (χ1v) is 19.8. The smallest absolute Gasteiger partial charge is 0.234 e. The zero-order valence-corrected chi connectivity index (χ0v) is 35.4. The second-order valence-electron chi connectivity index (χ2n) is 6.40. The van der Waals surface area contributed by atoms with Crippen molar-refractivity contribution in [1.29, 1.82) is 0 Å². The van der Waals surface area contributed by atoms with Gasteiger partial charge < -0.3 is 10.6 Å². The minimum Gasteiger partial charge on any atom is -0.323 e. The fraction of sp³-hybridized carbons (Fsp3) is 0.111. The summed E-state index contributed by atoms with van der Waals surface area (Å²) in [5.41, 5.74) is 1.19. The second-order valence-corrected chi connectivity index (χ2v) is 17.7. The van der Waals surface area contributed by atoms with E-state index in [0.717, 1.165) is 26.8 Å². The van der Waals surface area contributed by atoms with Gasteiger partial charge in [-0.25, -0.2) is 0 Å². The minimum absolute atomic E-state index is 0.138. The molecule has 0 fully saturated rings. The van der Waals surface area contributed by atoms with Gasteiger partial charge in [0.1, 0.15) is 0 Å². The fourth-order valence-electron chi connectivity index (χ4n) is 2.35. The van der Waals surface area contributed by atoms with Gasteiger partial charge in [0.15, 0.2) is 8.68 Å². The lowest BCUT2D eigenvalue weighted by Crippen LogP contribution is -2.15. The number of aromatic nitrogens is 2. The van der Waals surface area contributed by atoms with Crippen molar-refractivity contribution in [3.8, 4) is 0 Å². The Morgan fingerprint density at radius 3 is 1.11 bits per heavy atom. The van der Waals surface area contributed by atoms with E-state index in [9.17, 15) is 9.59 Å². The van der Waals surface area contributed by atoms with Crippen molar-refractivity contribution in [3.05, 3.63) is 44.7 Å². The summed E-state index contributed by atoms with van der Waals surface area (Å²) in [6.07, 6.45) is 0. The van der Waals surface area contributed by atoms with Crippen molar-refractivity contribution in [3.63, 3.8) is 0 Å². The number of thioether (sulfide) groups is 2. The highest BCUT2D eigenvalue weighted by Gasteiger charge is 2.21. The van der Waals surface area contributed by atoms with Crippen LogP contribution in [0.5, 0.6) is 0 Å². The molecule has 37 heavy (non-hydrogen) atoms. The lowest BCUT2D eigenvalue weighted by atomic mass is 10.3. The SMILES string of the molecule is O=C(CSc1nnc(SCC(=O)Nc2c(Br)c(Br)c(Br)c(Br)c2Br)s1)Nc1c(Br)c(Br)c(Br)c(Br)c1Br. The molecule has 0 saturated heterocycles. The summed E-state index contributed by atoms with van der Waals surface area (Å²) in [7, 11) is 0. The Kier molecular flexibility index (Phi) is 14.0. The van der Waals surface area contributed by atoms with Gasteiger partial charge in [0.2, 0.25) is 11.8 Å². The predicted octanol–water partition coefficient (Wildman–Crippen LogP) is 11.6. The third kappa shape index (κ3) is 8.51. The Morgan fingerprint density at radius 1 is 0.541 bits per heavy atom. The number of anilines is 2.